The van der Waals surface area contributed by atoms with Gasteiger partial charge in [0.25, 0.3) is 10.0 Å². The van der Waals surface area contributed by atoms with Crippen LogP contribution in [0, 0.1) is 0 Å². The van der Waals surface area contributed by atoms with Crippen molar-refractivity contribution in [3.8, 4) is 0 Å². The van der Waals surface area contributed by atoms with Gasteiger partial charge in [0.15, 0.2) is 5.78 Å². The van der Waals surface area contributed by atoms with E-state index in [-0.39, 0.29) is 10.7 Å². The number of carbonyl (C=O) groups is 1. The van der Waals surface area contributed by atoms with Crippen LogP contribution in [0.4, 0.5) is 11.4 Å². The molecule has 1 saturated heterocycles. The molecule has 0 bridgehead atoms. The highest BCUT2D eigenvalue weighted by Gasteiger charge is 2.20. The minimum atomic E-state index is -3.76. The van der Waals surface area contributed by atoms with E-state index >= 15 is 0 Å². The van der Waals surface area contributed by atoms with Crippen molar-refractivity contribution in [3.63, 3.8) is 0 Å². The Morgan fingerprint density at radius 2 is 1.72 bits per heavy atom. The van der Waals surface area contributed by atoms with E-state index in [1.54, 1.807) is 18.2 Å². The number of benzene rings is 2. The Balaban J connectivity index is 1.91. The van der Waals surface area contributed by atoms with Gasteiger partial charge in [-0.15, -0.1) is 0 Å². The quantitative estimate of drug-likeness (QED) is 0.828. The third-order valence-corrected chi connectivity index (χ3v) is 5.76. The van der Waals surface area contributed by atoms with E-state index in [9.17, 15) is 13.2 Å². The lowest BCUT2D eigenvalue weighted by Gasteiger charge is -2.30. The lowest BCUT2D eigenvalue weighted by Crippen LogP contribution is -2.30. The standard InChI is InChI=1S/C19H22N2O3S/c1-15(22)16-8-7-9-17(14-16)25(23,24)20-18-10-3-4-11-19(18)21-12-5-2-6-13-21/h3-4,7-11,14,20H,2,5-6,12-13H2,1H3. The Hall–Kier alpha value is -2.34. The number of hydrogen-bond acceptors (Lipinski definition) is 4. The number of para-hydroxylation sites is 2. The first-order chi connectivity index (χ1) is 12.0. The van der Waals surface area contributed by atoms with Gasteiger partial charge in [-0.25, -0.2) is 8.42 Å². The fraction of sp³-hybridized carbons (Fsp3) is 0.316. The summed E-state index contributed by atoms with van der Waals surface area (Å²) in [5.74, 6) is -0.161. The molecule has 0 unspecified atom stereocenters. The summed E-state index contributed by atoms with van der Waals surface area (Å²) in [5.41, 5.74) is 1.85. The maximum Gasteiger partial charge on any atom is 0.261 e. The zero-order chi connectivity index (χ0) is 17.9. The summed E-state index contributed by atoms with van der Waals surface area (Å²) in [6.07, 6.45) is 3.44. The number of sulfonamides is 1. The lowest BCUT2D eigenvalue weighted by molar-refractivity contribution is 0.101. The van der Waals surface area contributed by atoms with Gasteiger partial charge in [0.1, 0.15) is 0 Å². The van der Waals surface area contributed by atoms with E-state index in [0.29, 0.717) is 11.3 Å². The van der Waals surface area contributed by atoms with Gasteiger partial charge in [0, 0.05) is 18.7 Å². The predicted molar refractivity (Wildman–Crippen MR) is 99.8 cm³/mol. The number of nitrogens with zero attached hydrogens (tertiary/aromatic N) is 1. The molecule has 0 aliphatic carbocycles. The third kappa shape index (κ3) is 4.02. The number of nitrogens with one attached hydrogen (secondary N) is 1. The van der Waals surface area contributed by atoms with E-state index in [2.05, 4.69) is 9.62 Å². The first-order valence-corrected chi connectivity index (χ1v) is 9.93. The molecule has 1 N–H and O–H groups in total. The Morgan fingerprint density at radius 3 is 2.44 bits per heavy atom. The molecule has 6 heteroatoms. The second kappa shape index (κ2) is 7.27. The normalized spacial score (nSPS) is 15.0. The van der Waals surface area contributed by atoms with Crippen LogP contribution in [0.5, 0.6) is 0 Å². The highest BCUT2D eigenvalue weighted by molar-refractivity contribution is 7.92. The molecule has 0 spiro atoms. The third-order valence-electron chi connectivity index (χ3n) is 4.40. The van der Waals surface area contributed by atoms with Crippen molar-refractivity contribution in [1.29, 1.82) is 0 Å². The second-order valence-electron chi connectivity index (χ2n) is 6.25. The molecule has 1 aliphatic heterocycles. The molecule has 0 aromatic heterocycles. The second-order valence-corrected chi connectivity index (χ2v) is 7.94. The average molecular weight is 358 g/mol. The van der Waals surface area contributed by atoms with Gasteiger partial charge in [-0.2, -0.15) is 0 Å². The summed E-state index contributed by atoms with van der Waals surface area (Å²) in [6.45, 7) is 3.28. The fourth-order valence-corrected chi connectivity index (χ4v) is 4.18. The zero-order valence-corrected chi connectivity index (χ0v) is 15.1. The summed E-state index contributed by atoms with van der Waals surface area (Å²) < 4.78 is 28.2. The highest BCUT2D eigenvalue weighted by atomic mass is 32.2. The number of Topliss-reactive ketones (excluding diaryl/α,β-unsaturated/α-hetero) is 1. The van der Waals surface area contributed by atoms with Crippen LogP contribution in [-0.4, -0.2) is 27.3 Å². The average Bonchev–Trinajstić information content (AvgIpc) is 2.63. The molecular weight excluding hydrogens is 336 g/mol. The largest absolute Gasteiger partial charge is 0.370 e. The van der Waals surface area contributed by atoms with Crippen LogP contribution < -0.4 is 9.62 Å². The van der Waals surface area contributed by atoms with E-state index in [0.717, 1.165) is 31.6 Å². The maximum atomic E-state index is 12.8. The van der Waals surface area contributed by atoms with Gasteiger partial charge in [0.2, 0.25) is 0 Å². The fourth-order valence-electron chi connectivity index (χ4n) is 3.06. The lowest BCUT2D eigenvalue weighted by atomic mass is 10.1. The zero-order valence-electron chi connectivity index (χ0n) is 14.2. The molecule has 1 heterocycles. The van der Waals surface area contributed by atoms with Gasteiger partial charge < -0.3 is 4.90 Å². The monoisotopic (exact) mass is 358 g/mol. The summed E-state index contributed by atoms with van der Waals surface area (Å²) in [7, 11) is -3.76. The number of anilines is 2. The summed E-state index contributed by atoms with van der Waals surface area (Å²) >= 11 is 0. The van der Waals surface area contributed by atoms with Crippen LogP contribution in [0.3, 0.4) is 0 Å². The molecule has 0 amide bonds. The van der Waals surface area contributed by atoms with Gasteiger partial charge in [-0.3, -0.25) is 9.52 Å². The molecule has 0 atom stereocenters. The number of rotatable bonds is 5. The molecule has 0 radical (unpaired) electrons. The molecule has 1 aliphatic rings. The molecule has 132 valence electrons. The van der Waals surface area contributed by atoms with E-state index in [1.807, 2.05) is 18.2 Å². The Morgan fingerprint density at radius 1 is 1.00 bits per heavy atom. The smallest absolute Gasteiger partial charge is 0.261 e. The number of ketones is 1. The molecule has 3 rings (SSSR count). The summed E-state index contributed by atoms with van der Waals surface area (Å²) in [4.78, 5) is 13.8. The van der Waals surface area contributed by atoms with Gasteiger partial charge in [0.05, 0.1) is 16.3 Å². The van der Waals surface area contributed by atoms with Gasteiger partial charge in [-0.1, -0.05) is 24.3 Å². The first-order valence-electron chi connectivity index (χ1n) is 8.45. The SMILES string of the molecule is CC(=O)c1cccc(S(=O)(=O)Nc2ccccc2N2CCCCC2)c1. The Bertz CT molecular complexity index is 872. The molecule has 2 aromatic carbocycles. The number of hydrogen-bond donors (Lipinski definition) is 1. The maximum absolute atomic E-state index is 12.8. The molecular formula is C19H22N2O3S. The van der Waals surface area contributed by atoms with Crippen LogP contribution >= 0.6 is 0 Å². The number of carbonyl (C=O) groups excluding carboxylic acids is 1. The van der Waals surface area contributed by atoms with Crippen LogP contribution in [-0.2, 0) is 10.0 Å². The summed E-state index contributed by atoms with van der Waals surface area (Å²) in [5, 5.41) is 0. The van der Waals surface area contributed by atoms with E-state index in [4.69, 9.17) is 0 Å². The Labute approximate surface area is 148 Å². The van der Waals surface area contributed by atoms with Crippen LogP contribution in [0.15, 0.2) is 53.4 Å². The van der Waals surface area contributed by atoms with Crippen molar-refractivity contribution >= 4 is 27.2 Å². The van der Waals surface area contributed by atoms with Crippen molar-refractivity contribution in [3.05, 3.63) is 54.1 Å². The van der Waals surface area contributed by atoms with Gasteiger partial charge >= 0.3 is 0 Å². The predicted octanol–water partition coefficient (Wildman–Crippen LogP) is 3.68. The van der Waals surface area contributed by atoms with Crippen molar-refractivity contribution in [2.75, 3.05) is 22.7 Å². The topological polar surface area (TPSA) is 66.5 Å². The van der Waals surface area contributed by atoms with Crippen LogP contribution in [0.25, 0.3) is 0 Å². The van der Waals surface area contributed by atoms with Crippen molar-refractivity contribution < 1.29 is 13.2 Å². The van der Waals surface area contributed by atoms with E-state index in [1.165, 1.54) is 25.5 Å². The molecule has 5 nitrogen and oxygen atoms in total. The molecule has 25 heavy (non-hydrogen) atoms. The van der Waals surface area contributed by atoms with Crippen molar-refractivity contribution in [2.24, 2.45) is 0 Å². The minimum absolute atomic E-state index is 0.0913. The van der Waals surface area contributed by atoms with Crippen molar-refractivity contribution in [1.82, 2.24) is 0 Å². The van der Waals surface area contributed by atoms with E-state index < -0.39 is 10.0 Å². The number of piperidine rings is 1. The summed E-state index contributed by atoms with van der Waals surface area (Å²) in [6, 6.07) is 13.6. The van der Waals surface area contributed by atoms with Crippen LogP contribution in [0.1, 0.15) is 36.5 Å². The first kappa shape index (κ1) is 17.5. The van der Waals surface area contributed by atoms with Gasteiger partial charge in [-0.05, 0) is 50.5 Å². The molecule has 1 fully saturated rings. The van der Waals surface area contributed by atoms with Crippen LogP contribution in [0.2, 0.25) is 0 Å². The minimum Gasteiger partial charge on any atom is -0.370 e. The van der Waals surface area contributed by atoms with Crippen molar-refractivity contribution in [2.45, 2.75) is 31.1 Å². The molecule has 2 aromatic rings. The Kier molecular flexibility index (Phi) is 5.08. The molecule has 0 saturated carbocycles. The highest BCUT2D eigenvalue weighted by Crippen LogP contribution is 2.30.